The third-order valence-electron chi connectivity index (χ3n) is 3.16. The molecule has 0 bridgehead atoms. The van der Waals surface area contributed by atoms with Crippen molar-refractivity contribution < 1.29 is 4.79 Å². The lowest BCUT2D eigenvalue weighted by molar-refractivity contribution is 0.102. The van der Waals surface area contributed by atoms with Crippen LogP contribution in [0.5, 0.6) is 0 Å². The minimum atomic E-state index is -0.335. The number of hydrogen-bond donors (Lipinski definition) is 1. The molecule has 0 aliphatic carbocycles. The molecule has 3 rings (SSSR count). The van der Waals surface area contributed by atoms with Gasteiger partial charge in [0, 0.05) is 16.6 Å². The van der Waals surface area contributed by atoms with Gasteiger partial charge in [-0.05, 0) is 31.5 Å². The summed E-state index contributed by atoms with van der Waals surface area (Å²) in [6.45, 7) is 3.74. The zero-order valence-electron chi connectivity index (χ0n) is 11.9. The smallest absolute Gasteiger partial charge is 0.279 e. The van der Waals surface area contributed by atoms with E-state index in [1.165, 1.54) is 11.3 Å². The molecule has 0 aliphatic rings. The van der Waals surface area contributed by atoms with Gasteiger partial charge < -0.3 is 0 Å². The summed E-state index contributed by atoms with van der Waals surface area (Å²) in [5.41, 5.74) is 2.68. The van der Waals surface area contributed by atoms with Crippen molar-refractivity contribution >= 4 is 34.0 Å². The number of rotatable bonds is 3. The van der Waals surface area contributed by atoms with Crippen molar-refractivity contribution in [3.05, 3.63) is 51.7 Å². The molecule has 0 aliphatic heterocycles. The Morgan fingerprint density at radius 1 is 1.36 bits per heavy atom. The van der Waals surface area contributed by atoms with Crippen molar-refractivity contribution in [3.63, 3.8) is 0 Å². The highest BCUT2D eigenvalue weighted by atomic mass is 35.5. The van der Waals surface area contributed by atoms with Gasteiger partial charge in [-0.15, -0.1) is 16.4 Å². The quantitative estimate of drug-likeness (QED) is 0.798. The van der Waals surface area contributed by atoms with Gasteiger partial charge in [-0.1, -0.05) is 22.9 Å². The van der Waals surface area contributed by atoms with Crippen LogP contribution in [0, 0.1) is 13.8 Å². The van der Waals surface area contributed by atoms with Crippen LogP contribution in [0.15, 0.2) is 29.8 Å². The summed E-state index contributed by atoms with van der Waals surface area (Å²) in [6.07, 6.45) is 1.62. The third kappa shape index (κ3) is 2.72. The van der Waals surface area contributed by atoms with Crippen LogP contribution in [0.4, 0.5) is 5.13 Å². The second-order valence-corrected chi connectivity index (χ2v) is 5.99. The average Bonchev–Trinajstić information content (AvgIpc) is 3.11. The number of nitrogens with one attached hydrogen (secondary N) is 1. The van der Waals surface area contributed by atoms with Crippen molar-refractivity contribution in [1.29, 1.82) is 0 Å². The number of halogens is 1. The van der Waals surface area contributed by atoms with Crippen molar-refractivity contribution in [2.75, 3.05) is 5.32 Å². The Morgan fingerprint density at radius 2 is 2.18 bits per heavy atom. The van der Waals surface area contributed by atoms with Gasteiger partial charge in [0.1, 0.15) is 0 Å². The first kappa shape index (κ1) is 14.7. The third-order valence-corrected chi connectivity index (χ3v) is 4.09. The summed E-state index contributed by atoms with van der Waals surface area (Å²) in [5, 5.41) is 13.7. The van der Waals surface area contributed by atoms with Gasteiger partial charge in [0.05, 0.1) is 11.4 Å². The van der Waals surface area contributed by atoms with E-state index >= 15 is 0 Å². The second kappa shape index (κ2) is 5.86. The van der Waals surface area contributed by atoms with Gasteiger partial charge in [-0.2, -0.15) is 0 Å². The monoisotopic (exact) mass is 333 g/mol. The lowest BCUT2D eigenvalue weighted by Crippen LogP contribution is -2.14. The van der Waals surface area contributed by atoms with Gasteiger partial charge in [-0.25, -0.2) is 9.67 Å². The van der Waals surface area contributed by atoms with Crippen molar-refractivity contribution in [2.24, 2.45) is 0 Å². The molecule has 3 aromatic rings. The number of carbonyl (C=O) groups is 1. The maximum absolute atomic E-state index is 12.2. The SMILES string of the molecule is Cc1ccc(Cl)cc1-n1nnc(C(=O)Nc2nccs2)c1C. The van der Waals surface area contributed by atoms with Crippen LogP contribution in [0.25, 0.3) is 5.69 Å². The summed E-state index contributed by atoms with van der Waals surface area (Å²) in [5.74, 6) is -0.335. The fourth-order valence-electron chi connectivity index (χ4n) is 2.02. The van der Waals surface area contributed by atoms with Crippen LogP contribution in [-0.2, 0) is 0 Å². The zero-order valence-corrected chi connectivity index (χ0v) is 13.4. The first-order valence-electron chi connectivity index (χ1n) is 6.46. The number of carbonyl (C=O) groups excluding carboxylic acids is 1. The minimum absolute atomic E-state index is 0.259. The molecule has 6 nitrogen and oxygen atoms in total. The van der Waals surface area contributed by atoms with E-state index in [0.717, 1.165) is 11.3 Å². The maximum Gasteiger partial charge on any atom is 0.279 e. The fraction of sp³-hybridized carbons (Fsp3) is 0.143. The highest BCUT2D eigenvalue weighted by Gasteiger charge is 2.19. The maximum atomic E-state index is 12.2. The molecule has 0 saturated carbocycles. The fourth-order valence-corrected chi connectivity index (χ4v) is 2.71. The normalized spacial score (nSPS) is 10.7. The molecule has 1 amide bonds. The Bertz CT molecular complexity index is 828. The van der Waals surface area contributed by atoms with Crippen LogP contribution in [0.2, 0.25) is 5.02 Å². The predicted octanol–water partition coefficient (Wildman–Crippen LogP) is 3.25. The van der Waals surface area contributed by atoms with Crippen LogP contribution in [-0.4, -0.2) is 25.9 Å². The summed E-state index contributed by atoms with van der Waals surface area (Å²) in [6, 6.07) is 5.50. The number of anilines is 1. The molecule has 1 N–H and O–H groups in total. The van der Waals surface area contributed by atoms with Crippen molar-refractivity contribution in [3.8, 4) is 5.69 Å². The average molecular weight is 334 g/mol. The molecule has 0 saturated heterocycles. The Kier molecular flexibility index (Phi) is 3.91. The van der Waals surface area contributed by atoms with E-state index in [1.54, 1.807) is 29.2 Å². The number of benzene rings is 1. The molecule has 0 fully saturated rings. The number of aromatic nitrogens is 4. The largest absolute Gasteiger partial charge is 0.296 e. The van der Waals surface area contributed by atoms with E-state index in [4.69, 9.17) is 11.6 Å². The highest BCUT2D eigenvalue weighted by molar-refractivity contribution is 7.13. The Balaban J connectivity index is 1.95. The standard InChI is InChI=1S/C14H12ClN5OS/c1-8-3-4-10(15)7-11(8)20-9(2)12(18-19-20)13(21)17-14-16-5-6-22-14/h3-7H,1-2H3,(H,16,17,21). The molecule has 112 valence electrons. The molecule has 2 heterocycles. The van der Waals surface area contributed by atoms with E-state index in [9.17, 15) is 4.79 Å². The van der Waals surface area contributed by atoms with E-state index in [2.05, 4.69) is 20.6 Å². The molecule has 2 aromatic heterocycles. The molecule has 1 aromatic carbocycles. The summed E-state index contributed by atoms with van der Waals surface area (Å²) in [4.78, 5) is 16.3. The summed E-state index contributed by atoms with van der Waals surface area (Å²) < 4.78 is 1.61. The van der Waals surface area contributed by atoms with Crippen LogP contribution >= 0.6 is 22.9 Å². The summed E-state index contributed by atoms with van der Waals surface area (Å²) >= 11 is 7.38. The van der Waals surface area contributed by atoms with Gasteiger partial charge in [0.15, 0.2) is 10.8 Å². The Hall–Kier alpha value is -2.25. The van der Waals surface area contributed by atoms with Crippen LogP contribution < -0.4 is 5.32 Å². The van der Waals surface area contributed by atoms with E-state index in [-0.39, 0.29) is 11.6 Å². The minimum Gasteiger partial charge on any atom is -0.296 e. The van der Waals surface area contributed by atoms with Gasteiger partial charge in [-0.3, -0.25) is 10.1 Å². The number of nitrogens with zero attached hydrogens (tertiary/aromatic N) is 4. The molecule has 8 heteroatoms. The molecule has 0 spiro atoms. The van der Waals surface area contributed by atoms with Crippen LogP contribution in [0.3, 0.4) is 0 Å². The molecule has 0 atom stereocenters. The van der Waals surface area contributed by atoms with E-state index in [0.29, 0.717) is 15.8 Å². The topological polar surface area (TPSA) is 72.7 Å². The number of aryl methyl sites for hydroxylation is 1. The molecular formula is C14H12ClN5OS. The number of hydrogen-bond acceptors (Lipinski definition) is 5. The number of amides is 1. The first-order chi connectivity index (χ1) is 10.6. The number of thiazole rings is 1. The Labute approximate surface area is 135 Å². The highest BCUT2D eigenvalue weighted by Crippen LogP contribution is 2.21. The van der Waals surface area contributed by atoms with E-state index < -0.39 is 0 Å². The molecular weight excluding hydrogens is 322 g/mol. The van der Waals surface area contributed by atoms with E-state index in [1.807, 2.05) is 19.1 Å². The zero-order chi connectivity index (χ0) is 15.7. The van der Waals surface area contributed by atoms with Gasteiger partial charge in [0.25, 0.3) is 5.91 Å². The second-order valence-electron chi connectivity index (χ2n) is 4.66. The van der Waals surface area contributed by atoms with Crippen molar-refractivity contribution in [1.82, 2.24) is 20.0 Å². The Morgan fingerprint density at radius 3 is 2.91 bits per heavy atom. The van der Waals surface area contributed by atoms with Gasteiger partial charge >= 0.3 is 0 Å². The molecule has 0 radical (unpaired) electrons. The first-order valence-corrected chi connectivity index (χ1v) is 7.71. The van der Waals surface area contributed by atoms with Gasteiger partial charge in [0.2, 0.25) is 0 Å². The van der Waals surface area contributed by atoms with Crippen LogP contribution in [0.1, 0.15) is 21.7 Å². The predicted molar refractivity (Wildman–Crippen MR) is 85.9 cm³/mol. The summed E-state index contributed by atoms with van der Waals surface area (Å²) in [7, 11) is 0. The molecule has 22 heavy (non-hydrogen) atoms. The van der Waals surface area contributed by atoms with Crippen molar-refractivity contribution in [2.45, 2.75) is 13.8 Å². The lowest BCUT2D eigenvalue weighted by atomic mass is 10.2. The lowest BCUT2D eigenvalue weighted by Gasteiger charge is -2.07. The molecule has 0 unspecified atom stereocenters.